The molecule has 1 amide bonds. The normalized spacial score (nSPS) is 10.5. The summed E-state index contributed by atoms with van der Waals surface area (Å²) in [5, 5.41) is 19.8. The van der Waals surface area contributed by atoms with Crippen molar-refractivity contribution in [3.8, 4) is 0 Å². The largest absolute Gasteiger partial charge is 0.475 e. The number of carbonyl (C=O) groups is 2. The summed E-state index contributed by atoms with van der Waals surface area (Å²) in [6.07, 6.45) is 2.74. The fourth-order valence-electron chi connectivity index (χ4n) is 2.14. The molecule has 0 bridgehead atoms. The molecule has 0 fully saturated rings. The zero-order valence-electron chi connectivity index (χ0n) is 11.3. The molecule has 2 heterocycles. The van der Waals surface area contributed by atoms with E-state index in [9.17, 15) is 14.7 Å². The number of amides is 1. The van der Waals surface area contributed by atoms with Gasteiger partial charge in [-0.15, -0.1) is 0 Å². The monoisotopic (exact) mass is 297 g/mol. The van der Waals surface area contributed by atoms with Gasteiger partial charge in [0.25, 0.3) is 5.91 Å². The van der Waals surface area contributed by atoms with Gasteiger partial charge < -0.3 is 14.8 Å². The fraction of sp³-hybridized carbons (Fsp3) is 0.0667. The van der Waals surface area contributed by atoms with Gasteiger partial charge in [-0.05, 0) is 12.1 Å². The highest BCUT2D eigenvalue weighted by Crippen LogP contribution is 2.25. The van der Waals surface area contributed by atoms with Crippen LogP contribution in [0, 0.1) is 0 Å². The van der Waals surface area contributed by atoms with Gasteiger partial charge in [0.15, 0.2) is 0 Å². The maximum Gasteiger partial charge on any atom is 0.372 e. The number of furan rings is 1. The van der Waals surface area contributed by atoms with Crippen LogP contribution in [-0.4, -0.2) is 27.2 Å². The van der Waals surface area contributed by atoms with Crippen molar-refractivity contribution in [2.45, 2.75) is 6.54 Å². The van der Waals surface area contributed by atoms with Crippen LogP contribution in [0.1, 0.15) is 26.5 Å². The number of aromatic carboxylic acids is 1. The second-order valence-corrected chi connectivity index (χ2v) is 4.52. The van der Waals surface area contributed by atoms with Crippen molar-refractivity contribution >= 4 is 22.8 Å². The lowest BCUT2D eigenvalue weighted by atomic mass is 10.1. The minimum Gasteiger partial charge on any atom is -0.475 e. The quantitative estimate of drug-likeness (QED) is 0.761. The van der Waals surface area contributed by atoms with Crippen LogP contribution in [0.25, 0.3) is 11.0 Å². The van der Waals surface area contributed by atoms with Crippen molar-refractivity contribution < 1.29 is 19.1 Å². The van der Waals surface area contributed by atoms with Gasteiger partial charge in [-0.3, -0.25) is 4.79 Å². The Hall–Kier alpha value is -3.22. The number of carbonyl (C=O) groups excluding carboxylic acids is 1. The van der Waals surface area contributed by atoms with Gasteiger partial charge in [-0.25, -0.2) is 4.79 Å². The van der Waals surface area contributed by atoms with E-state index >= 15 is 0 Å². The van der Waals surface area contributed by atoms with Crippen LogP contribution in [0.2, 0.25) is 0 Å². The van der Waals surface area contributed by atoms with Crippen LogP contribution in [0.4, 0.5) is 0 Å². The third-order valence-corrected chi connectivity index (χ3v) is 3.16. The van der Waals surface area contributed by atoms with Crippen LogP contribution < -0.4 is 5.32 Å². The molecule has 2 N–H and O–H groups in total. The van der Waals surface area contributed by atoms with Gasteiger partial charge in [0.1, 0.15) is 5.58 Å². The number of fused-ring (bicyclic) bond motifs is 1. The maximum atomic E-state index is 12.0. The van der Waals surface area contributed by atoms with Crippen molar-refractivity contribution in [3.05, 3.63) is 59.6 Å². The van der Waals surface area contributed by atoms with Gasteiger partial charge in [0.05, 0.1) is 18.0 Å². The fourth-order valence-corrected chi connectivity index (χ4v) is 2.14. The molecule has 7 nitrogen and oxygen atoms in total. The Kier molecular flexibility index (Phi) is 3.53. The predicted octanol–water partition coefficient (Wildman–Crippen LogP) is 1.85. The number of aromatic nitrogens is 2. The summed E-state index contributed by atoms with van der Waals surface area (Å²) in [7, 11) is 0. The number of nitrogens with one attached hydrogen (secondary N) is 1. The van der Waals surface area contributed by atoms with E-state index in [1.54, 1.807) is 24.3 Å². The van der Waals surface area contributed by atoms with Crippen molar-refractivity contribution in [1.82, 2.24) is 15.5 Å². The summed E-state index contributed by atoms with van der Waals surface area (Å²) in [5.41, 5.74) is 1.24. The van der Waals surface area contributed by atoms with Crippen molar-refractivity contribution in [2.75, 3.05) is 0 Å². The summed E-state index contributed by atoms with van der Waals surface area (Å²) in [4.78, 5) is 23.3. The van der Waals surface area contributed by atoms with Crippen LogP contribution in [0.3, 0.4) is 0 Å². The molecule has 0 aliphatic heterocycles. The first kappa shape index (κ1) is 13.7. The van der Waals surface area contributed by atoms with Crippen LogP contribution >= 0.6 is 0 Å². The summed E-state index contributed by atoms with van der Waals surface area (Å²) in [6, 6.07) is 8.48. The molecular formula is C15H11N3O4. The highest BCUT2D eigenvalue weighted by molar-refractivity contribution is 5.97. The molecule has 2 aromatic heterocycles. The van der Waals surface area contributed by atoms with Gasteiger partial charge >= 0.3 is 5.97 Å². The Morgan fingerprint density at radius 3 is 2.73 bits per heavy atom. The van der Waals surface area contributed by atoms with Crippen molar-refractivity contribution in [2.24, 2.45) is 0 Å². The van der Waals surface area contributed by atoms with E-state index in [0.29, 0.717) is 22.1 Å². The van der Waals surface area contributed by atoms with Crippen molar-refractivity contribution in [1.29, 1.82) is 0 Å². The summed E-state index contributed by atoms with van der Waals surface area (Å²) >= 11 is 0. The van der Waals surface area contributed by atoms with E-state index in [-0.39, 0.29) is 18.2 Å². The first-order chi connectivity index (χ1) is 10.7. The lowest BCUT2D eigenvalue weighted by Crippen LogP contribution is -2.23. The minimum atomic E-state index is -1.17. The first-order valence-electron chi connectivity index (χ1n) is 6.45. The van der Waals surface area contributed by atoms with Crippen molar-refractivity contribution in [3.63, 3.8) is 0 Å². The zero-order chi connectivity index (χ0) is 15.5. The topological polar surface area (TPSA) is 105 Å². The minimum absolute atomic E-state index is 0.0415. The number of carboxylic acid groups (broad SMARTS) is 1. The summed E-state index contributed by atoms with van der Waals surface area (Å²) in [5.74, 6) is -1.71. The van der Waals surface area contributed by atoms with E-state index in [2.05, 4.69) is 15.5 Å². The highest BCUT2D eigenvalue weighted by Gasteiger charge is 2.20. The molecule has 3 rings (SSSR count). The molecule has 1 aromatic carbocycles. The Labute approximate surface area is 124 Å². The smallest absolute Gasteiger partial charge is 0.372 e. The number of nitrogens with zero attached hydrogens (tertiary/aromatic N) is 2. The highest BCUT2D eigenvalue weighted by atomic mass is 16.4. The Bertz CT molecular complexity index is 842. The average molecular weight is 297 g/mol. The Morgan fingerprint density at radius 2 is 2.00 bits per heavy atom. The van der Waals surface area contributed by atoms with E-state index in [4.69, 9.17) is 4.42 Å². The number of hydrogen-bond donors (Lipinski definition) is 2. The molecule has 22 heavy (non-hydrogen) atoms. The maximum absolute atomic E-state index is 12.0. The van der Waals surface area contributed by atoms with Gasteiger partial charge in [0.2, 0.25) is 5.76 Å². The molecule has 0 unspecified atom stereocenters. The van der Waals surface area contributed by atoms with E-state index < -0.39 is 5.97 Å². The number of para-hydroxylation sites is 1. The SMILES string of the molecule is O=C(NCc1c(C(=O)O)oc2ccccc12)c1ccnnc1. The van der Waals surface area contributed by atoms with Gasteiger partial charge in [-0.1, -0.05) is 18.2 Å². The molecule has 0 aliphatic carbocycles. The number of rotatable bonds is 4. The Morgan fingerprint density at radius 1 is 1.18 bits per heavy atom. The molecule has 110 valence electrons. The molecule has 0 atom stereocenters. The van der Waals surface area contributed by atoms with E-state index in [1.807, 2.05) is 0 Å². The molecule has 7 heteroatoms. The van der Waals surface area contributed by atoms with Crippen LogP contribution in [0.15, 0.2) is 47.1 Å². The standard InChI is InChI=1S/C15H11N3O4/c19-14(9-5-6-17-18-7-9)16-8-11-10-3-1-2-4-12(10)22-13(11)15(20)21/h1-7H,8H2,(H,16,19)(H,20,21). The third-order valence-electron chi connectivity index (χ3n) is 3.16. The van der Waals surface area contributed by atoms with Crippen LogP contribution in [0.5, 0.6) is 0 Å². The summed E-state index contributed by atoms with van der Waals surface area (Å²) < 4.78 is 5.33. The molecule has 0 spiro atoms. The van der Waals surface area contributed by atoms with Crippen LogP contribution in [-0.2, 0) is 6.54 Å². The van der Waals surface area contributed by atoms with Gasteiger partial charge in [-0.2, -0.15) is 10.2 Å². The lowest BCUT2D eigenvalue weighted by molar-refractivity contribution is 0.0662. The second kappa shape index (κ2) is 5.65. The van der Waals surface area contributed by atoms with Gasteiger partial charge in [0, 0.05) is 17.5 Å². The third kappa shape index (κ3) is 2.51. The molecule has 3 aromatic rings. The molecule has 0 aliphatic rings. The first-order valence-corrected chi connectivity index (χ1v) is 6.45. The van der Waals surface area contributed by atoms with E-state index in [0.717, 1.165) is 0 Å². The molecule has 0 saturated carbocycles. The predicted molar refractivity (Wildman–Crippen MR) is 76.4 cm³/mol. The molecule has 0 radical (unpaired) electrons. The summed E-state index contributed by atoms with van der Waals surface area (Å²) in [6.45, 7) is 0.0415. The lowest BCUT2D eigenvalue weighted by Gasteiger charge is -2.04. The van der Waals surface area contributed by atoms with E-state index in [1.165, 1.54) is 18.5 Å². The number of benzene rings is 1. The number of hydrogen-bond acceptors (Lipinski definition) is 5. The second-order valence-electron chi connectivity index (χ2n) is 4.52. The Balaban J connectivity index is 1.89. The molecule has 0 saturated heterocycles. The molecular weight excluding hydrogens is 286 g/mol. The average Bonchev–Trinajstić information content (AvgIpc) is 2.92. The number of carboxylic acids is 1. The zero-order valence-corrected chi connectivity index (χ0v) is 11.3.